The lowest BCUT2D eigenvalue weighted by Gasteiger charge is -2.15. The minimum Gasteiger partial charge on any atom is -0.466 e. The SMILES string of the molecule is CCOC(=O)Cc1csc(S[C@@H](C(=O)NC2CC2)c2ccccc2)n1. The number of nitrogens with zero attached hydrogens (tertiary/aromatic N) is 1. The molecule has 3 rings (SSSR count). The number of nitrogens with one attached hydrogen (secondary N) is 1. The fourth-order valence-electron chi connectivity index (χ4n) is 2.29. The van der Waals surface area contributed by atoms with Gasteiger partial charge in [-0.05, 0) is 25.3 Å². The van der Waals surface area contributed by atoms with Gasteiger partial charge in [-0.15, -0.1) is 11.3 Å². The molecule has 0 unspecified atom stereocenters. The standard InChI is InChI=1S/C18H20N2O3S2/c1-2-23-15(21)10-14-11-24-18(20-14)25-16(12-6-4-3-5-7-12)17(22)19-13-8-9-13/h3-7,11,13,16H,2,8-10H2,1H3,(H,19,22)/t16-/m1/s1. The number of hydrogen-bond donors (Lipinski definition) is 1. The van der Waals surface area contributed by atoms with Crippen LogP contribution in [0, 0.1) is 0 Å². The Hall–Kier alpha value is -1.86. The van der Waals surface area contributed by atoms with E-state index >= 15 is 0 Å². The maximum absolute atomic E-state index is 12.6. The monoisotopic (exact) mass is 376 g/mol. The Bertz CT molecular complexity index is 729. The molecule has 132 valence electrons. The summed E-state index contributed by atoms with van der Waals surface area (Å²) in [5.74, 6) is -0.267. The molecule has 1 saturated carbocycles. The van der Waals surface area contributed by atoms with E-state index < -0.39 is 0 Å². The van der Waals surface area contributed by atoms with E-state index in [9.17, 15) is 9.59 Å². The summed E-state index contributed by atoms with van der Waals surface area (Å²) in [7, 11) is 0. The maximum Gasteiger partial charge on any atom is 0.311 e. The summed E-state index contributed by atoms with van der Waals surface area (Å²) < 4.78 is 5.73. The molecule has 2 aromatic rings. The van der Waals surface area contributed by atoms with E-state index in [1.54, 1.807) is 6.92 Å². The number of benzene rings is 1. The molecule has 1 aromatic heterocycles. The number of esters is 1. The van der Waals surface area contributed by atoms with Gasteiger partial charge in [-0.2, -0.15) is 0 Å². The number of amides is 1. The fourth-order valence-corrected chi connectivity index (χ4v) is 4.33. The molecule has 1 heterocycles. The summed E-state index contributed by atoms with van der Waals surface area (Å²) in [4.78, 5) is 28.7. The van der Waals surface area contributed by atoms with Crippen LogP contribution in [0.25, 0.3) is 0 Å². The van der Waals surface area contributed by atoms with Crippen molar-refractivity contribution >= 4 is 35.0 Å². The number of carbonyl (C=O) groups is 2. The van der Waals surface area contributed by atoms with Crippen LogP contribution in [0.15, 0.2) is 40.1 Å². The average molecular weight is 377 g/mol. The Balaban J connectivity index is 1.70. The number of hydrogen-bond acceptors (Lipinski definition) is 6. The van der Waals surface area contributed by atoms with Gasteiger partial charge < -0.3 is 10.1 Å². The van der Waals surface area contributed by atoms with Crippen LogP contribution < -0.4 is 5.32 Å². The van der Waals surface area contributed by atoms with Crippen LogP contribution in [-0.2, 0) is 20.7 Å². The van der Waals surface area contributed by atoms with E-state index in [1.165, 1.54) is 23.1 Å². The van der Waals surface area contributed by atoms with Gasteiger partial charge in [-0.1, -0.05) is 42.1 Å². The van der Waals surface area contributed by atoms with Gasteiger partial charge >= 0.3 is 5.97 Å². The quantitative estimate of drug-likeness (QED) is 0.565. The zero-order chi connectivity index (χ0) is 17.6. The molecule has 0 bridgehead atoms. The third-order valence-electron chi connectivity index (χ3n) is 3.64. The highest BCUT2D eigenvalue weighted by Gasteiger charge is 2.29. The summed E-state index contributed by atoms with van der Waals surface area (Å²) in [6, 6.07) is 10.0. The molecule has 0 saturated heterocycles. The predicted octanol–water partition coefficient (Wildman–Crippen LogP) is 3.36. The van der Waals surface area contributed by atoms with E-state index in [4.69, 9.17) is 4.74 Å². The highest BCUT2D eigenvalue weighted by Crippen LogP contribution is 2.38. The first-order chi connectivity index (χ1) is 12.2. The first-order valence-electron chi connectivity index (χ1n) is 8.27. The lowest BCUT2D eigenvalue weighted by molar-refractivity contribution is -0.142. The topological polar surface area (TPSA) is 68.3 Å². The van der Waals surface area contributed by atoms with Crippen LogP contribution in [0.5, 0.6) is 0 Å². The van der Waals surface area contributed by atoms with Crippen LogP contribution in [0.3, 0.4) is 0 Å². The van der Waals surface area contributed by atoms with Crippen molar-refractivity contribution in [3.05, 3.63) is 47.0 Å². The first kappa shape index (κ1) is 17.9. The van der Waals surface area contributed by atoms with Crippen LogP contribution >= 0.6 is 23.1 Å². The highest BCUT2D eigenvalue weighted by molar-refractivity contribution is 8.01. The van der Waals surface area contributed by atoms with Crippen molar-refractivity contribution < 1.29 is 14.3 Å². The van der Waals surface area contributed by atoms with Crippen molar-refractivity contribution in [3.63, 3.8) is 0 Å². The van der Waals surface area contributed by atoms with Crippen LogP contribution in [0.2, 0.25) is 0 Å². The van der Waals surface area contributed by atoms with Crippen LogP contribution in [-0.4, -0.2) is 29.5 Å². The van der Waals surface area contributed by atoms with Crippen molar-refractivity contribution in [2.75, 3.05) is 6.61 Å². The third-order valence-corrected chi connectivity index (χ3v) is 5.92. The predicted molar refractivity (Wildman–Crippen MR) is 98.7 cm³/mol. The minimum absolute atomic E-state index is 0.0147. The number of carbonyl (C=O) groups excluding carboxylic acids is 2. The Kier molecular flexibility index (Phi) is 6.09. The molecule has 1 aliphatic rings. The van der Waals surface area contributed by atoms with E-state index in [-0.39, 0.29) is 23.5 Å². The lowest BCUT2D eigenvalue weighted by Crippen LogP contribution is -2.29. The van der Waals surface area contributed by atoms with Crippen molar-refractivity contribution in [1.82, 2.24) is 10.3 Å². The molecule has 25 heavy (non-hydrogen) atoms. The van der Waals surface area contributed by atoms with Gasteiger partial charge in [0.05, 0.1) is 18.7 Å². The summed E-state index contributed by atoms with van der Waals surface area (Å²) in [6.45, 7) is 2.14. The molecule has 1 amide bonds. The molecule has 1 atom stereocenters. The molecule has 0 radical (unpaired) electrons. The zero-order valence-corrected chi connectivity index (χ0v) is 15.6. The van der Waals surface area contributed by atoms with E-state index in [2.05, 4.69) is 10.3 Å². The van der Waals surface area contributed by atoms with E-state index in [1.807, 2.05) is 35.7 Å². The van der Waals surface area contributed by atoms with Gasteiger partial charge in [0, 0.05) is 11.4 Å². The first-order valence-corrected chi connectivity index (χ1v) is 10.0. The Morgan fingerprint density at radius 1 is 1.36 bits per heavy atom. The van der Waals surface area contributed by atoms with Gasteiger partial charge in [0.1, 0.15) is 5.25 Å². The summed E-state index contributed by atoms with van der Waals surface area (Å²) >= 11 is 2.87. The lowest BCUT2D eigenvalue weighted by atomic mass is 10.1. The van der Waals surface area contributed by atoms with Crippen molar-refractivity contribution in [3.8, 4) is 0 Å². The zero-order valence-electron chi connectivity index (χ0n) is 13.9. The minimum atomic E-state index is -0.344. The van der Waals surface area contributed by atoms with Crippen LogP contribution in [0.1, 0.15) is 36.3 Å². The molecule has 0 aliphatic heterocycles. The van der Waals surface area contributed by atoms with Gasteiger partial charge in [0.2, 0.25) is 5.91 Å². The van der Waals surface area contributed by atoms with Gasteiger partial charge in [-0.25, -0.2) is 4.98 Å². The maximum atomic E-state index is 12.6. The second-order valence-corrected chi connectivity index (χ2v) is 7.99. The van der Waals surface area contributed by atoms with Crippen LogP contribution in [0.4, 0.5) is 0 Å². The second-order valence-electron chi connectivity index (χ2n) is 5.78. The molecule has 5 nitrogen and oxygen atoms in total. The Labute approximate surface area is 155 Å². The molecule has 7 heteroatoms. The van der Waals surface area contributed by atoms with Crippen molar-refractivity contribution in [2.24, 2.45) is 0 Å². The number of rotatable bonds is 8. The largest absolute Gasteiger partial charge is 0.466 e. The molecule has 1 aromatic carbocycles. The molecular weight excluding hydrogens is 356 g/mol. The van der Waals surface area contributed by atoms with E-state index in [0.29, 0.717) is 18.3 Å². The van der Waals surface area contributed by atoms with Crippen molar-refractivity contribution in [1.29, 1.82) is 0 Å². The molecule has 1 aliphatic carbocycles. The van der Waals surface area contributed by atoms with Gasteiger partial charge in [-0.3, -0.25) is 9.59 Å². The Morgan fingerprint density at radius 3 is 2.80 bits per heavy atom. The average Bonchev–Trinajstić information content (AvgIpc) is 3.31. The van der Waals surface area contributed by atoms with Crippen molar-refractivity contribution in [2.45, 2.75) is 41.8 Å². The number of aromatic nitrogens is 1. The second kappa shape index (κ2) is 8.49. The smallest absolute Gasteiger partial charge is 0.311 e. The third kappa shape index (κ3) is 5.31. The fraction of sp³-hybridized carbons (Fsp3) is 0.389. The number of thioether (sulfide) groups is 1. The van der Waals surface area contributed by atoms with E-state index in [0.717, 1.165) is 22.7 Å². The summed E-state index contributed by atoms with van der Waals surface area (Å²) in [6.07, 6.45) is 2.27. The highest BCUT2D eigenvalue weighted by atomic mass is 32.2. The van der Waals surface area contributed by atoms with Gasteiger partial charge in [0.15, 0.2) is 4.34 Å². The molecular formula is C18H20N2O3S2. The summed E-state index contributed by atoms with van der Waals surface area (Å²) in [5, 5.41) is 4.57. The molecule has 1 N–H and O–H groups in total. The number of thiazole rings is 1. The molecule has 0 spiro atoms. The normalized spacial score (nSPS) is 14.8. The Morgan fingerprint density at radius 2 is 2.12 bits per heavy atom. The van der Waals surface area contributed by atoms with Gasteiger partial charge in [0.25, 0.3) is 0 Å². The molecule has 1 fully saturated rings. The number of ether oxygens (including phenoxy) is 1. The summed E-state index contributed by atoms with van der Waals surface area (Å²) in [5.41, 5.74) is 1.63.